The third-order valence-corrected chi connectivity index (χ3v) is 3.76. The van der Waals surface area contributed by atoms with Crippen molar-refractivity contribution < 1.29 is 8.42 Å². The number of rotatable bonds is 5. The van der Waals surface area contributed by atoms with Crippen LogP contribution in [0, 0.1) is 0 Å². The quantitative estimate of drug-likeness (QED) is 0.848. The van der Waals surface area contributed by atoms with Gasteiger partial charge in [0.25, 0.3) is 0 Å². The van der Waals surface area contributed by atoms with E-state index in [1.165, 1.54) is 18.2 Å². The van der Waals surface area contributed by atoms with E-state index >= 15 is 0 Å². The highest BCUT2D eigenvalue weighted by molar-refractivity contribution is 7.92. The fraction of sp³-hybridized carbons (Fsp3) is 0.333. The number of halogens is 3. The molecule has 0 atom stereocenters. The normalized spacial score (nSPS) is 11.4. The average molecular weight is 303 g/mol. The Morgan fingerprint density at radius 3 is 2.19 bits per heavy atom. The summed E-state index contributed by atoms with van der Waals surface area (Å²) in [5, 5.41) is 0.755. The molecule has 0 bridgehead atoms. The first kappa shape index (κ1) is 13.9. The number of anilines is 1. The van der Waals surface area contributed by atoms with Gasteiger partial charge in [0.1, 0.15) is 0 Å². The highest BCUT2D eigenvalue weighted by Crippen LogP contribution is 2.23. The summed E-state index contributed by atoms with van der Waals surface area (Å²) in [5.74, 6) is 0.276. The Kier molecular flexibility index (Phi) is 5.18. The summed E-state index contributed by atoms with van der Waals surface area (Å²) in [6.45, 7) is 0. The summed E-state index contributed by atoms with van der Waals surface area (Å²) in [6.07, 6.45) is 0.394. The molecule has 1 N–H and O–H groups in total. The lowest BCUT2D eigenvalue weighted by molar-refractivity contribution is 0.600. The van der Waals surface area contributed by atoms with Crippen LogP contribution in [0.25, 0.3) is 0 Å². The molecular weight excluding hydrogens is 293 g/mol. The van der Waals surface area contributed by atoms with Gasteiger partial charge in [0.05, 0.1) is 11.4 Å². The molecule has 0 aliphatic carbocycles. The van der Waals surface area contributed by atoms with Crippen LogP contribution in [0.4, 0.5) is 5.69 Å². The van der Waals surface area contributed by atoms with Gasteiger partial charge in [0.2, 0.25) is 10.0 Å². The second kappa shape index (κ2) is 5.96. The minimum atomic E-state index is -3.38. The molecule has 0 radical (unpaired) electrons. The Morgan fingerprint density at radius 1 is 1.12 bits per heavy atom. The maximum atomic E-state index is 11.5. The molecule has 90 valence electrons. The van der Waals surface area contributed by atoms with Gasteiger partial charge in [-0.3, -0.25) is 4.72 Å². The average Bonchev–Trinajstić information content (AvgIpc) is 2.12. The van der Waals surface area contributed by atoms with Crippen molar-refractivity contribution in [3.05, 3.63) is 28.2 Å². The van der Waals surface area contributed by atoms with E-state index in [4.69, 9.17) is 34.8 Å². The van der Waals surface area contributed by atoms with Crippen LogP contribution in [0.3, 0.4) is 0 Å². The Labute approximate surface area is 110 Å². The lowest BCUT2D eigenvalue weighted by Gasteiger charge is -2.07. The molecule has 1 aromatic rings. The van der Waals surface area contributed by atoms with Crippen LogP contribution in [0.15, 0.2) is 18.2 Å². The van der Waals surface area contributed by atoms with E-state index in [2.05, 4.69) is 4.72 Å². The van der Waals surface area contributed by atoms with Crippen molar-refractivity contribution in [1.29, 1.82) is 0 Å². The number of hydrogen-bond donors (Lipinski definition) is 1. The van der Waals surface area contributed by atoms with Gasteiger partial charge in [-0.15, -0.1) is 11.6 Å². The molecule has 0 aliphatic heterocycles. The van der Waals surface area contributed by atoms with Crippen LogP contribution in [0.1, 0.15) is 6.42 Å². The topological polar surface area (TPSA) is 46.2 Å². The monoisotopic (exact) mass is 301 g/mol. The van der Waals surface area contributed by atoms with E-state index in [-0.39, 0.29) is 5.75 Å². The molecule has 1 rings (SSSR count). The first-order chi connectivity index (χ1) is 7.43. The van der Waals surface area contributed by atoms with E-state index in [1.54, 1.807) is 0 Å². The van der Waals surface area contributed by atoms with E-state index in [0.29, 0.717) is 28.0 Å². The Hall–Kier alpha value is -0.160. The molecule has 7 heteroatoms. The minimum absolute atomic E-state index is 0.0272. The highest BCUT2D eigenvalue weighted by Gasteiger charge is 2.10. The first-order valence-corrected chi connectivity index (χ1v) is 7.40. The summed E-state index contributed by atoms with van der Waals surface area (Å²) >= 11 is 16.9. The summed E-state index contributed by atoms with van der Waals surface area (Å²) in [5.41, 5.74) is 0.354. The Morgan fingerprint density at radius 2 is 1.69 bits per heavy atom. The molecule has 0 unspecified atom stereocenters. The molecule has 0 spiro atoms. The minimum Gasteiger partial charge on any atom is -0.283 e. The van der Waals surface area contributed by atoms with Crippen LogP contribution < -0.4 is 4.72 Å². The molecule has 0 aromatic heterocycles. The SMILES string of the molecule is O=S(=O)(CCCCl)Nc1cc(Cl)cc(Cl)c1. The largest absolute Gasteiger partial charge is 0.283 e. The summed E-state index contributed by atoms with van der Waals surface area (Å²) in [7, 11) is -3.38. The van der Waals surface area contributed by atoms with Gasteiger partial charge in [0.15, 0.2) is 0 Å². The number of hydrogen-bond acceptors (Lipinski definition) is 2. The Bertz CT molecular complexity index is 442. The smallest absolute Gasteiger partial charge is 0.232 e. The van der Waals surface area contributed by atoms with Gasteiger partial charge in [-0.1, -0.05) is 23.2 Å². The molecule has 0 saturated carbocycles. The predicted octanol–water partition coefficient (Wildman–Crippen LogP) is 3.36. The lowest BCUT2D eigenvalue weighted by Crippen LogP contribution is -2.16. The van der Waals surface area contributed by atoms with Crippen molar-refractivity contribution in [2.75, 3.05) is 16.4 Å². The van der Waals surface area contributed by atoms with E-state index in [0.717, 1.165) is 0 Å². The third-order valence-electron chi connectivity index (χ3n) is 1.68. The molecule has 0 amide bonds. The fourth-order valence-corrected chi connectivity index (χ4v) is 3.01. The molecule has 1 aromatic carbocycles. The maximum Gasteiger partial charge on any atom is 0.232 e. The van der Waals surface area contributed by atoms with E-state index in [9.17, 15) is 8.42 Å². The maximum absolute atomic E-state index is 11.5. The van der Waals surface area contributed by atoms with Crippen molar-refractivity contribution in [3.63, 3.8) is 0 Å². The van der Waals surface area contributed by atoms with Gasteiger partial charge in [-0.05, 0) is 24.6 Å². The van der Waals surface area contributed by atoms with Crippen LogP contribution in [0.5, 0.6) is 0 Å². The predicted molar refractivity (Wildman–Crippen MR) is 69.2 cm³/mol. The van der Waals surface area contributed by atoms with Gasteiger partial charge in [-0.25, -0.2) is 8.42 Å². The third kappa shape index (κ3) is 4.78. The van der Waals surface area contributed by atoms with E-state index < -0.39 is 10.0 Å². The van der Waals surface area contributed by atoms with Crippen molar-refractivity contribution in [1.82, 2.24) is 0 Å². The molecule has 0 aliphatic rings. The lowest BCUT2D eigenvalue weighted by atomic mass is 10.3. The fourth-order valence-electron chi connectivity index (χ4n) is 1.09. The number of sulfonamides is 1. The molecule has 0 fully saturated rings. The van der Waals surface area contributed by atoms with E-state index in [1.807, 2.05) is 0 Å². The van der Waals surface area contributed by atoms with Gasteiger partial charge < -0.3 is 0 Å². The second-order valence-electron chi connectivity index (χ2n) is 3.12. The number of benzene rings is 1. The zero-order valence-corrected chi connectivity index (χ0v) is 11.3. The molecular formula is C9H10Cl3NO2S. The highest BCUT2D eigenvalue weighted by atomic mass is 35.5. The Balaban J connectivity index is 2.80. The van der Waals surface area contributed by atoms with Crippen LogP contribution in [0.2, 0.25) is 10.0 Å². The first-order valence-electron chi connectivity index (χ1n) is 4.45. The second-order valence-corrected chi connectivity index (χ2v) is 6.21. The van der Waals surface area contributed by atoms with Gasteiger partial charge in [-0.2, -0.15) is 0 Å². The molecule has 0 heterocycles. The van der Waals surface area contributed by atoms with Crippen molar-refractivity contribution >= 4 is 50.5 Å². The molecule has 0 saturated heterocycles. The van der Waals surface area contributed by atoms with Crippen molar-refractivity contribution in [2.24, 2.45) is 0 Å². The number of nitrogens with one attached hydrogen (secondary N) is 1. The summed E-state index contributed by atoms with van der Waals surface area (Å²) in [6, 6.07) is 4.51. The van der Waals surface area contributed by atoms with Gasteiger partial charge >= 0.3 is 0 Å². The van der Waals surface area contributed by atoms with Crippen molar-refractivity contribution in [3.8, 4) is 0 Å². The number of alkyl halides is 1. The van der Waals surface area contributed by atoms with Crippen LogP contribution >= 0.6 is 34.8 Å². The van der Waals surface area contributed by atoms with Crippen molar-refractivity contribution in [2.45, 2.75) is 6.42 Å². The van der Waals surface area contributed by atoms with Crippen LogP contribution in [-0.4, -0.2) is 20.1 Å². The molecule has 16 heavy (non-hydrogen) atoms. The van der Waals surface area contributed by atoms with Gasteiger partial charge in [0, 0.05) is 15.9 Å². The molecule has 3 nitrogen and oxygen atoms in total. The van der Waals surface area contributed by atoms with Crippen LogP contribution in [-0.2, 0) is 10.0 Å². The zero-order valence-electron chi connectivity index (χ0n) is 8.21. The summed E-state index contributed by atoms with van der Waals surface area (Å²) in [4.78, 5) is 0. The summed E-state index contributed by atoms with van der Waals surface area (Å²) < 4.78 is 25.4. The standard InChI is InChI=1S/C9H10Cl3NO2S/c10-2-1-3-16(14,15)13-9-5-7(11)4-8(12)6-9/h4-6,13H,1-3H2. The zero-order chi connectivity index (χ0) is 12.2.